The van der Waals surface area contributed by atoms with Gasteiger partial charge in [-0.25, -0.2) is 4.98 Å². The standard InChI is InChI=1S/C26H37N3O6S/c1-14(7-18-11-36-17(4)28-18)19-8-21-26(12-27,35-21)13-34-10-15(2)23(32)16(3)24(33)25(5,6)20(30)9-22(31)29-19/h7,11,15-16,19-21,23,30,32H,8-10,13H2,1-6H3,(H,29,31)/b14-7+/t15-,16+,19-,20-,21?,23-,26?/m0/s1. The van der Waals surface area contributed by atoms with Crippen LogP contribution in [0.25, 0.3) is 6.08 Å². The van der Waals surface area contributed by atoms with Crippen LogP contribution >= 0.6 is 11.3 Å². The van der Waals surface area contributed by atoms with Crippen LogP contribution in [0.1, 0.15) is 58.2 Å². The summed E-state index contributed by atoms with van der Waals surface area (Å²) in [5.41, 5.74) is -0.779. The molecule has 1 amide bonds. The summed E-state index contributed by atoms with van der Waals surface area (Å²) < 4.78 is 11.5. The summed E-state index contributed by atoms with van der Waals surface area (Å²) in [5.74, 6) is -1.93. The molecule has 0 bridgehead atoms. The van der Waals surface area contributed by atoms with E-state index in [0.29, 0.717) is 6.42 Å². The maximum absolute atomic E-state index is 13.2. The Hall–Kier alpha value is -2.16. The van der Waals surface area contributed by atoms with Crippen molar-refractivity contribution in [3.8, 4) is 6.07 Å². The lowest BCUT2D eigenvalue weighted by Crippen LogP contribution is -2.48. The van der Waals surface area contributed by atoms with Crippen molar-refractivity contribution in [3.05, 3.63) is 21.7 Å². The molecule has 9 nitrogen and oxygen atoms in total. The van der Waals surface area contributed by atoms with Gasteiger partial charge in [0, 0.05) is 23.6 Å². The van der Waals surface area contributed by atoms with Crippen molar-refractivity contribution in [2.45, 2.75) is 84.3 Å². The molecule has 2 saturated heterocycles. The first kappa shape index (κ1) is 28.4. The van der Waals surface area contributed by atoms with E-state index in [1.54, 1.807) is 27.7 Å². The molecule has 3 rings (SSSR count). The molecule has 2 unspecified atom stereocenters. The quantitative estimate of drug-likeness (QED) is 0.505. The number of epoxide rings is 1. The Morgan fingerprint density at radius 3 is 2.64 bits per heavy atom. The normalized spacial score (nSPS) is 36.5. The smallest absolute Gasteiger partial charge is 0.223 e. The number of thiazole rings is 1. The van der Waals surface area contributed by atoms with Gasteiger partial charge in [0.25, 0.3) is 0 Å². The summed E-state index contributed by atoms with van der Waals surface area (Å²) in [5, 5.41) is 37.2. The van der Waals surface area contributed by atoms with Crippen LogP contribution in [-0.4, -0.2) is 70.1 Å². The highest BCUT2D eigenvalue weighted by atomic mass is 32.1. The molecule has 2 fully saturated rings. The Morgan fingerprint density at radius 2 is 2.03 bits per heavy atom. The molecule has 3 heterocycles. The van der Waals surface area contributed by atoms with Crippen LogP contribution in [0.3, 0.4) is 0 Å². The molecule has 7 atom stereocenters. The number of hydrogen-bond acceptors (Lipinski definition) is 9. The Bertz CT molecular complexity index is 1050. The number of nitriles is 1. The van der Waals surface area contributed by atoms with E-state index >= 15 is 0 Å². The Kier molecular flexibility index (Phi) is 8.74. The van der Waals surface area contributed by atoms with Gasteiger partial charge in [0.15, 0.2) is 0 Å². The summed E-state index contributed by atoms with van der Waals surface area (Å²) in [7, 11) is 0. The van der Waals surface area contributed by atoms with Gasteiger partial charge in [0.2, 0.25) is 11.5 Å². The lowest BCUT2D eigenvalue weighted by atomic mass is 9.73. The second-order valence-corrected chi connectivity index (χ2v) is 11.8. The number of amides is 1. The fourth-order valence-electron chi connectivity index (χ4n) is 4.65. The van der Waals surface area contributed by atoms with Crippen LogP contribution < -0.4 is 5.32 Å². The lowest BCUT2D eigenvalue weighted by Gasteiger charge is -2.34. The van der Waals surface area contributed by atoms with E-state index in [2.05, 4.69) is 16.4 Å². The van der Waals surface area contributed by atoms with Gasteiger partial charge in [-0.15, -0.1) is 11.3 Å². The number of nitrogens with zero attached hydrogens (tertiary/aromatic N) is 2. The number of ether oxygens (including phenoxy) is 2. The van der Waals surface area contributed by atoms with Crippen LogP contribution in [0.2, 0.25) is 0 Å². The Labute approximate surface area is 216 Å². The number of fused-ring (bicyclic) bond motifs is 1. The van der Waals surface area contributed by atoms with Crippen molar-refractivity contribution >= 4 is 29.1 Å². The lowest BCUT2D eigenvalue weighted by molar-refractivity contribution is -0.143. The van der Waals surface area contributed by atoms with Crippen molar-refractivity contribution in [1.29, 1.82) is 5.26 Å². The number of carbonyl (C=O) groups excluding carboxylic acids is 2. The first-order chi connectivity index (χ1) is 16.8. The van der Waals surface area contributed by atoms with E-state index in [4.69, 9.17) is 9.47 Å². The molecule has 36 heavy (non-hydrogen) atoms. The molecular formula is C26H37N3O6S. The Morgan fingerprint density at radius 1 is 1.33 bits per heavy atom. The zero-order chi connectivity index (χ0) is 26.8. The summed E-state index contributed by atoms with van der Waals surface area (Å²) in [6.07, 6.45) is -0.778. The minimum atomic E-state index is -1.25. The zero-order valence-corrected chi connectivity index (χ0v) is 22.6. The number of Topliss-reactive ketones (excluding diaryl/α,β-unsaturated/α-hetero) is 1. The molecule has 10 heteroatoms. The zero-order valence-electron chi connectivity index (χ0n) is 21.8. The van der Waals surface area contributed by atoms with Crippen molar-refractivity contribution in [2.24, 2.45) is 17.3 Å². The molecule has 0 spiro atoms. The van der Waals surface area contributed by atoms with Gasteiger partial charge in [-0.1, -0.05) is 27.7 Å². The van der Waals surface area contributed by atoms with E-state index in [9.17, 15) is 25.1 Å². The number of rotatable bonds is 2. The average molecular weight is 520 g/mol. The molecule has 3 N–H and O–H groups in total. The van der Waals surface area contributed by atoms with Crippen LogP contribution in [-0.2, 0) is 19.1 Å². The van der Waals surface area contributed by atoms with Crippen molar-refractivity contribution in [3.63, 3.8) is 0 Å². The summed E-state index contributed by atoms with van der Waals surface area (Å²) >= 11 is 1.52. The maximum atomic E-state index is 13.2. The molecule has 0 saturated carbocycles. The molecular weight excluding hydrogens is 482 g/mol. The third-order valence-electron chi connectivity index (χ3n) is 7.40. The molecule has 1 aromatic heterocycles. The highest BCUT2D eigenvalue weighted by molar-refractivity contribution is 7.09. The summed E-state index contributed by atoms with van der Waals surface area (Å²) in [6.45, 7) is 10.5. The number of carbonyl (C=O) groups is 2. The van der Waals surface area contributed by atoms with Gasteiger partial charge in [0.05, 0.1) is 54.0 Å². The van der Waals surface area contributed by atoms with E-state index in [0.717, 1.165) is 16.3 Å². The number of nitrogens with one attached hydrogen (secondary N) is 1. The fraction of sp³-hybridized carbons (Fsp3) is 0.692. The average Bonchev–Trinajstić information content (AvgIpc) is 3.35. The number of aliphatic hydroxyl groups excluding tert-OH is 2. The predicted molar refractivity (Wildman–Crippen MR) is 135 cm³/mol. The molecule has 0 aromatic carbocycles. The Balaban J connectivity index is 1.89. The third kappa shape index (κ3) is 6.21. The minimum absolute atomic E-state index is 0.0203. The van der Waals surface area contributed by atoms with Crippen LogP contribution in [0.15, 0.2) is 11.0 Å². The van der Waals surface area contributed by atoms with E-state index in [1.807, 2.05) is 25.3 Å². The molecule has 2 aliphatic rings. The molecule has 198 valence electrons. The number of aliphatic hydroxyl groups is 2. The van der Waals surface area contributed by atoms with Crippen LogP contribution in [0.4, 0.5) is 0 Å². The number of aromatic nitrogens is 1. The number of aryl methyl sites for hydroxylation is 1. The van der Waals surface area contributed by atoms with Gasteiger partial charge in [0.1, 0.15) is 18.0 Å². The van der Waals surface area contributed by atoms with Gasteiger partial charge in [-0.05, 0) is 25.5 Å². The number of ketones is 1. The third-order valence-corrected chi connectivity index (χ3v) is 8.20. The monoisotopic (exact) mass is 519 g/mol. The molecule has 2 aliphatic heterocycles. The van der Waals surface area contributed by atoms with E-state index in [1.165, 1.54) is 11.3 Å². The highest BCUT2D eigenvalue weighted by Crippen LogP contribution is 2.41. The first-order valence-corrected chi connectivity index (χ1v) is 13.2. The predicted octanol–water partition coefficient (Wildman–Crippen LogP) is 2.40. The fourth-order valence-corrected chi connectivity index (χ4v) is 5.22. The van der Waals surface area contributed by atoms with Gasteiger partial charge >= 0.3 is 0 Å². The van der Waals surface area contributed by atoms with Gasteiger partial charge in [-0.2, -0.15) is 5.26 Å². The molecule has 1 aromatic rings. The largest absolute Gasteiger partial charge is 0.392 e. The van der Waals surface area contributed by atoms with Gasteiger partial charge < -0.3 is 25.0 Å². The van der Waals surface area contributed by atoms with Crippen LogP contribution in [0.5, 0.6) is 0 Å². The molecule has 0 radical (unpaired) electrons. The summed E-state index contributed by atoms with van der Waals surface area (Å²) in [4.78, 5) is 30.7. The SMILES string of the molecule is C/C(=C\c1csc(C)n1)[C@@H]1CC2OC2(C#N)COC[C@H](C)[C@H](O)[C@@H](C)C(=O)C(C)(C)[C@@H](O)CC(=O)N1. The van der Waals surface area contributed by atoms with Crippen molar-refractivity contribution in [2.75, 3.05) is 13.2 Å². The van der Waals surface area contributed by atoms with Crippen molar-refractivity contribution < 1.29 is 29.3 Å². The summed E-state index contributed by atoms with van der Waals surface area (Å²) in [6, 6.07) is 1.72. The second-order valence-electron chi connectivity index (χ2n) is 10.7. The van der Waals surface area contributed by atoms with E-state index in [-0.39, 0.29) is 31.3 Å². The highest BCUT2D eigenvalue weighted by Gasteiger charge is 2.58. The first-order valence-electron chi connectivity index (χ1n) is 12.3. The molecule has 0 aliphatic carbocycles. The second kappa shape index (κ2) is 11.1. The van der Waals surface area contributed by atoms with Gasteiger partial charge in [-0.3, -0.25) is 9.59 Å². The topological polar surface area (TPSA) is 145 Å². The number of hydrogen-bond donors (Lipinski definition) is 3. The minimum Gasteiger partial charge on any atom is -0.392 e. The van der Waals surface area contributed by atoms with Crippen LogP contribution in [0, 0.1) is 35.5 Å². The maximum Gasteiger partial charge on any atom is 0.223 e. The van der Waals surface area contributed by atoms with Crippen molar-refractivity contribution in [1.82, 2.24) is 10.3 Å². The van der Waals surface area contributed by atoms with E-state index < -0.39 is 47.2 Å².